The number of ether oxygens (including phenoxy) is 1. The molecule has 0 spiro atoms. The van der Waals surface area contributed by atoms with Crippen LogP contribution in [0.15, 0.2) is 18.6 Å². The van der Waals surface area contributed by atoms with Gasteiger partial charge in [-0.3, -0.25) is 14.8 Å². The van der Waals surface area contributed by atoms with Crippen LogP contribution in [0.4, 0.5) is 0 Å². The number of aromatic nitrogens is 2. The van der Waals surface area contributed by atoms with Crippen molar-refractivity contribution < 1.29 is 9.53 Å². The van der Waals surface area contributed by atoms with E-state index < -0.39 is 0 Å². The molecule has 3 rings (SSSR count). The van der Waals surface area contributed by atoms with Crippen LogP contribution in [0.5, 0.6) is 0 Å². The molecular weight excluding hydrogens is 290 g/mol. The molecule has 2 aliphatic rings. The number of nitrogens with zero attached hydrogens (tertiary/aromatic N) is 3. The number of carbonyl (C=O) groups is 1. The molecule has 0 unspecified atom stereocenters. The van der Waals surface area contributed by atoms with E-state index in [2.05, 4.69) is 14.9 Å². The average molecular weight is 317 g/mol. The van der Waals surface area contributed by atoms with Gasteiger partial charge < -0.3 is 9.64 Å². The van der Waals surface area contributed by atoms with E-state index in [1.807, 2.05) is 0 Å². The average Bonchev–Trinajstić information content (AvgIpc) is 2.62. The van der Waals surface area contributed by atoms with Crippen LogP contribution >= 0.6 is 0 Å². The molecule has 1 atom stereocenters. The molecule has 5 heteroatoms. The number of morpholine rings is 1. The fraction of sp³-hybridized carbons (Fsp3) is 0.722. The van der Waals surface area contributed by atoms with Gasteiger partial charge in [0.05, 0.1) is 24.9 Å². The van der Waals surface area contributed by atoms with E-state index in [9.17, 15) is 4.79 Å². The SMILES string of the molecule is O=C(CC1CCCCC1)N1CCOC[C@H]1CCc1cnccn1. The Hall–Kier alpha value is -1.49. The normalized spacial score (nSPS) is 23.0. The molecule has 23 heavy (non-hydrogen) atoms. The van der Waals surface area contributed by atoms with Gasteiger partial charge in [-0.1, -0.05) is 19.3 Å². The summed E-state index contributed by atoms with van der Waals surface area (Å²) in [5.74, 6) is 0.920. The van der Waals surface area contributed by atoms with Gasteiger partial charge in [0.25, 0.3) is 0 Å². The summed E-state index contributed by atoms with van der Waals surface area (Å²) in [6.07, 6.45) is 14.0. The summed E-state index contributed by atoms with van der Waals surface area (Å²) in [4.78, 5) is 23.2. The summed E-state index contributed by atoms with van der Waals surface area (Å²) in [5.41, 5.74) is 0.984. The largest absolute Gasteiger partial charge is 0.377 e. The first-order valence-corrected chi connectivity index (χ1v) is 8.95. The molecule has 0 bridgehead atoms. The summed E-state index contributed by atoms with van der Waals surface area (Å²) in [5, 5.41) is 0. The van der Waals surface area contributed by atoms with Gasteiger partial charge in [0.15, 0.2) is 0 Å². The van der Waals surface area contributed by atoms with Crippen LogP contribution in [-0.2, 0) is 16.0 Å². The number of hydrogen-bond donors (Lipinski definition) is 0. The van der Waals surface area contributed by atoms with Gasteiger partial charge in [-0.2, -0.15) is 0 Å². The molecule has 1 saturated heterocycles. The third-order valence-electron chi connectivity index (χ3n) is 5.09. The topological polar surface area (TPSA) is 55.3 Å². The first-order chi connectivity index (χ1) is 11.3. The van der Waals surface area contributed by atoms with Crippen LogP contribution in [0.2, 0.25) is 0 Å². The van der Waals surface area contributed by atoms with Crippen molar-refractivity contribution in [3.05, 3.63) is 24.3 Å². The smallest absolute Gasteiger partial charge is 0.223 e. The van der Waals surface area contributed by atoms with Gasteiger partial charge in [-0.25, -0.2) is 0 Å². The Labute approximate surface area is 138 Å². The first-order valence-electron chi connectivity index (χ1n) is 8.95. The highest BCUT2D eigenvalue weighted by molar-refractivity contribution is 5.77. The second-order valence-corrected chi connectivity index (χ2v) is 6.76. The molecule has 0 radical (unpaired) electrons. The van der Waals surface area contributed by atoms with Crippen molar-refractivity contribution in [2.24, 2.45) is 5.92 Å². The zero-order valence-electron chi connectivity index (χ0n) is 13.8. The highest BCUT2D eigenvalue weighted by atomic mass is 16.5. The maximum absolute atomic E-state index is 12.7. The quantitative estimate of drug-likeness (QED) is 0.837. The third kappa shape index (κ3) is 4.74. The fourth-order valence-corrected chi connectivity index (χ4v) is 3.75. The van der Waals surface area contributed by atoms with Crippen molar-refractivity contribution in [3.63, 3.8) is 0 Å². The van der Waals surface area contributed by atoms with Gasteiger partial charge in [0, 0.05) is 31.6 Å². The fourth-order valence-electron chi connectivity index (χ4n) is 3.75. The summed E-state index contributed by atoms with van der Waals surface area (Å²) in [6, 6.07) is 0.182. The van der Waals surface area contributed by atoms with Crippen molar-refractivity contribution in [2.45, 2.75) is 57.4 Å². The number of rotatable bonds is 5. The summed E-state index contributed by atoms with van der Waals surface area (Å²) in [7, 11) is 0. The lowest BCUT2D eigenvalue weighted by atomic mass is 9.86. The zero-order valence-corrected chi connectivity index (χ0v) is 13.8. The van der Waals surface area contributed by atoms with Crippen molar-refractivity contribution >= 4 is 5.91 Å². The van der Waals surface area contributed by atoms with Crippen LogP contribution in [0, 0.1) is 5.92 Å². The van der Waals surface area contributed by atoms with Crippen molar-refractivity contribution in [2.75, 3.05) is 19.8 Å². The van der Waals surface area contributed by atoms with E-state index >= 15 is 0 Å². The maximum Gasteiger partial charge on any atom is 0.223 e. The predicted octanol–water partition coefficient (Wildman–Crippen LogP) is 2.61. The van der Waals surface area contributed by atoms with Crippen LogP contribution in [0.3, 0.4) is 0 Å². The Kier molecular flexibility index (Phi) is 5.97. The van der Waals surface area contributed by atoms with E-state index in [0.717, 1.165) is 31.5 Å². The molecule has 1 aliphatic carbocycles. The van der Waals surface area contributed by atoms with E-state index in [4.69, 9.17) is 4.74 Å². The molecule has 1 amide bonds. The predicted molar refractivity (Wildman–Crippen MR) is 87.9 cm³/mol. The number of hydrogen-bond acceptors (Lipinski definition) is 4. The van der Waals surface area contributed by atoms with Crippen LogP contribution in [-0.4, -0.2) is 46.6 Å². The molecule has 1 saturated carbocycles. The first kappa shape index (κ1) is 16.4. The summed E-state index contributed by atoms with van der Waals surface area (Å²) < 4.78 is 5.61. The molecule has 1 aromatic rings. The number of amides is 1. The van der Waals surface area contributed by atoms with Gasteiger partial charge in [-0.15, -0.1) is 0 Å². The minimum Gasteiger partial charge on any atom is -0.377 e. The van der Waals surface area contributed by atoms with Gasteiger partial charge in [-0.05, 0) is 31.6 Å². The lowest BCUT2D eigenvalue weighted by molar-refractivity contribution is -0.141. The second-order valence-electron chi connectivity index (χ2n) is 6.76. The summed E-state index contributed by atoms with van der Waals surface area (Å²) >= 11 is 0. The van der Waals surface area contributed by atoms with Crippen molar-refractivity contribution in [1.29, 1.82) is 0 Å². The summed E-state index contributed by atoms with van der Waals surface area (Å²) in [6.45, 7) is 2.05. The molecule has 2 fully saturated rings. The highest BCUT2D eigenvalue weighted by Crippen LogP contribution is 2.27. The van der Waals surface area contributed by atoms with E-state index in [1.54, 1.807) is 18.6 Å². The highest BCUT2D eigenvalue weighted by Gasteiger charge is 2.29. The maximum atomic E-state index is 12.7. The van der Waals surface area contributed by atoms with Gasteiger partial charge >= 0.3 is 0 Å². The van der Waals surface area contributed by atoms with Crippen LogP contribution in [0.1, 0.15) is 50.6 Å². The van der Waals surface area contributed by atoms with Crippen molar-refractivity contribution in [1.82, 2.24) is 14.9 Å². The zero-order chi connectivity index (χ0) is 15.9. The number of aryl methyl sites for hydroxylation is 1. The Balaban J connectivity index is 1.53. The molecular formula is C18H27N3O2. The second kappa shape index (κ2) is 8.39. The minimum atomic E-state index is 0.182. The molecule has 1 aliphatic heterocycles. The molecule has 5 nitrogen and oxygen atoms in total. The minimum absolute atomic E-state index is 0.182. The Morgan fingerprint density at radius 1 is 1.26 bits per heavy atom. The van der Waals surface area contributed by atoms with Crippen LogP contribution < -0.4 is 0 Å². The Bertz CT molecular complexity index is 488. The van der Waals surface area contributed by atoms with E-state index in [-0.39, 0.29) is 6.04 Å². The Morgan fingerprint density at radius 3 is 2.91 bits per heavy atom. The lowest BCUT2D eigenvalue weighted by Gasteiger charge is -2.37. The molecule has 1 aromatic heterocycles. The van der Waals surface area contributed by atoms with Gasteiger partial charge in [0.2, 0.25) is 5.91 Å². The standard InChI is InChI=1S/C18H27N3O2/c22-18(12-15-4-2-1-3-5-15)21-10-11-23-14-17(21)7-6-16-13-19-8-9-20-16/h8-9,13,15,17H,1-7,10-12,14H2/t17-/m1/s1. The van der Waals surface area contributed by atoms with E-state index in [0.29, 0.717) is 25.0 Å². The molecule has 2 heterocycles. The van der Waals surface area contributed by atoms with Crippen LogP contribution in [0.25, 0.3) is 0 Å². The molecule has 0 N–H and O–H groups in total. The third-order valence-corrected chi connectivity index (χ3v) is 5.09. The van der Waals surface area contributed by atoms with E-state index in [1.165, 1.54) is 32.1 Å². The monoisotopic (exact) mass is 317 g/mol. The van der Waals surface area contributed by atoms with Crippen molar-refractivity contribution in [3.8, 4) is 0 Å². The molecule has 126 valence electrons. The molecule has 0 aromatic carbocycles. The number of carbonyl (C=O) groups excluding carboxylic acids is 1. The lowest BCUT2D eigenvalue weighted by Crippen LogP contribution is -2.49. The Morgan fingerprint density at radius 2 is 2.13 bits per heavy atom. The van der Waals surface area contributed by atoms with Gasteiger partial charge in [0.1, 0.15) is 0 Å².